The van der Waals surface area contributed by atoms with E-state index in [2.05, 4.69) is 5.32 Å². The SMILES string of the molecule is CCC1(CC)NC(=O)C(C)N(C2CCOC2C2CC2)C1=O. The molecule has 2 aliphatic heterocycles. The predicted octanol–water partition coefficient (Wildman–Crippen LogP) is 1.46. The molecule has 0 aromatic rings. The molecule has 3 unspecified atom stereocenters. The summed E-state index contributed by atoms with van der Waals surface area (Å²) in [6.45, 7) is 6.48. The maximum atomic E-state index is 13.1. The Balaban J connectivity index is 1.90. The van der Waals surface area contributed by atoms with E-state index in [0.717, 1.165) is 6.42 Å². The van der Waals surface area contributed by atoms with Gasteiger partial charge >= 0.3 is 0 Å². The summed E-state index contributed by atoms with van der Waals surface area (Å²) in [4.78, 5) is 27.3. The van der Waals surface area contributed by atoms with Crippen molar-refractivity contribution in [2.75, 3.05) is 6.61 Å². The van der Waals surface area contributed by atoms with E-state index in [1.165, 1.54) is 12.8 Å². The Morgan fingerprint density at radius 1 is 1.24 bits per heavy atom. The number of amides is 2. The molecule has 0 radical (unpaired) electrons. The average Bonchev–Trinajstić information content (AvgIpc) is 3.22. The molecular formula is C16H26N2O3. The number of piperazine rings is 1. The van der Waals surface area contributed by atoms with Crippen LogP contribution < -0.4 is 5.32 Å². The van der Waals surface area contributed by atoms with Crippen molar-refractivity contribution in [1.82, 2.24) is 10.2 Å². The van der Waals surface area contributed by atoms with Crippen molar-refractivity contribution in [3.63, 3.8) is 0 Å². The number of carbonyl (C=O) groups excluding carboxylic acids is 2. The fourth-order valence-electron chi connectivity index (χ4n) is 3.88. The van der Waals surface area contributed by atoms with Crippen LogP contribution >= 0.6 is 0 Å². The normalized spacial score (nSPS) is 36.0. The van der Waals surface area contributed by atoms with Crippen LogP contribution in [0, 0.1) is 5.92 Å². The fraction of sp³-hybridized carbons (Fsp3) is 0.875. The smallest absolute Gasteiger partial charge is 0.249 e. The Morgan fingerprint density at radius 3 is 2.48 bits per heavy atom. The summed E-state index contributed by atoms with van der Waals surface area (Å²) in [5, 5.41) is 2.97. The van der Waals surface area contributed by atoms with E-state index >= 15 is 0 Å². The molecule has 1 saturated carbocycles. The minimum Gasteiger partial charge on any atom is -0.376 e. The van der Waals surface area contributed by atoms with Crippen LogP contribution in [-0.2, 0) is 14.3 Å². The molecule has 2 saturated heterocycles. The maximum absolute atomic E-state index is 13.1. The third-order valence-electron chi connectivity index (χ3n) is 5.56. The minimum atomic E-state index is -0.722. The molecule has 21 heavy (non-hydrogen) atoms. The lowest BCUT2D eigenvalue weighted by Crippen LogP contribution is -2.71. The summed E-state index contributed by atoms with van der Waals surface area (Å²) >= 11 is 0. The Labute approximate surface area is 126 Å². The number of ether oxygens (including phenoxy) is 1. The van der Waals surface area contributed by atoms with E-state index in [0.29, 0.717) is 25.4 Å². The highest BCUT2D eigenvalue weighted by Gasteiger charge is 2.53. The molecule has 0 aromatic carbocycles. The third kappa shape index (κ3) is 2.26. The zero-order chi connectivity index (χ0) is 15.2. The largest absolute Gasteiger partial charge is 0.376 e. The molecule has 3 atom stereocenters. The highest BCUT2D eigenvalue weighted by Crippen LogP contribution is 2.42. The summed E-state index contributed by atoms with van der Waals surface area (Å²) in [5.74, 6) is 0.639. The van der Waals surface area contributed by atoms with Gasteiger partial charge < -0.3 is 15.0 Å². The van der Waals surface area contributed by atoms with Gasteiger partial charge in [-0.25, -0.2) is 0 Å². The monoisotopic (exact) mass is 294 g/mol. The standard InChI is InChI=1S/C16H26N2O3/c1-4-16(5-2)15(20)18(10(3)14(19)17-16)12-8-9-21-13(12)11-6-7-11/h10-13H,4-9H2,1-3H3,(H,17,19). The first-order chi connectivity index (χ1) is 10.0. The van der Waals surface area contributed by atoms with E-state index in [1.807, 2.05) is 25.7 Å². The first kappa shape index (κ1) is 14.8. The fourth-order valence-corrected chi connectivity index (χ4v) is 3.88. The second-order valence-corrected chi connectivity index (χ2v) is 6.70. The van der Waals surface area contributed by atoms with E-state index in [-0.39, 0.29) is 24.0 Å². The molecule has 1 N–H and O–H groups in total. The van der Waals surface area contributed by atoms with Crippen molar-refractivity contribution >= 4 is 11.8 Å². The van der Waals surface area contributed by atoms with Crippen LogP contribution in [-0.4, -0.2) is 47.0 Å². The molecule has 2 heterocycles. The van der Waals surface area contributed by atoms with E-state index in [4.69, 9.17) is 4.74 Å². The van der Waals surface area contributed by atoms with Gasteiger partial charge in [-0.2, -0.15) is 0 Å². The molecule has 1 aliphatic carbocycles. The van der Waals surface area contributed by atoms with Crippen molar-refractivity contribution in [2.24, 2.45) is 5.92 Å². The summed E-state index contributed by atoms with van der Waals surface area (Å²) < 4.78 is 5.88. The lowest BCUT2D eigenvalue weighted by Gasteiger charge is -2.47. The lowest BCUT2D eigenvalue weighted by atomic mass is 9.85. The van der Waals surface area contributed by atoms with Crippen LogP contribution in [0.1, 0.15) is 52.9 Å². The molecular weight excluding hydrogens is 268 g/mol. The molecule has 3 rings (SSSR count). The number of nitrogens with one attached hydrogen (secondary N) is 1. The van der Waals surface area contributed by atoms with E-state index in [1.54, 1.807) is 0 Å². The van der Waals surface area contributed by atoms with Gasteiger partial charge in [0.05, 0.1) is 12.1 Å². The van der Waals surface area contributed by atoms with Crippen molar-refractivity contribution < 1.29 is 14.3 Å². The summed E-state index contributed by atoms with van der Waals surface area (Å²) in [7, 11) is 0. The van der Waals surface area contributed by atoms with Gasteiger partial charge in [-0.05, 0) is 44.9 Å². The van der Waals surface area contributed by atoms with Crippen molar-refractivity contribution in [1.29, 1.82) is 0 Å². The minimum absolute atomic E-state index is 0.0280. The van der Waals surface area contributed by atoms with Gasteiger partial charge in [-0.3, -0.25) is 9.59 Å². The molecule has 118 valence electrons. The van der Waals surface area contributed by atoms with Crippen LogP contribution in [0.25, 0.3) is 0 Å². The van der Waals surface area contributed by atoms with Crippen molar-refractivity contribution in [3.8, 4) is 0 Å². The predicted molar refractivity (Wildman–Crippen MR) is 78.6 cm³/mol. The van der Waals surface area contributed by atoms with E-state index < -0.39 is 11.6 Å². The Morgan fingerprint density at radius 2 is 1.90 bits per heavy atom. The zero-order valence-corrected chi connectivity index (χ0v) is 13.2. The Hall–Kier alpha value is -1.10. The number of hydrogen-bond acceptors (Lipinski definition) is 3. The lowest BCUT2D eigenvalue weighted by molar-refractivity contribution is -0.159. The number of carbonyl (C=O) groups is 2. The topological polar surface area (TPSA) is 58.6 Å². The highest BCUT2D eigenvalue weighted by molar-refractivity contribution is 5.99. The molecule has 5 nitrogen and oxygen atoms in total. The molecule has 0 aromatic heterocycles. The molecule has 0 bridgehead atoms. The first-order valence-corrected chi connectivity index (χ1v) is 8.30. The highest BCUT2D eigenvalue weighted by atomic mass is 16.5. The molecule has 2 amide bonds. The van der Waals surface area contributed by atoms with Gasteiger partial charge in [0.2, 0.25) is 11.8 Å². The van der Waals surface area contributed by atoms with Crippen LogP contribution in [0.15, 0.2) is 0 Å². The second-order valence-electron chi connectivity index (χ2n) is 6.70. The van der Waals surface area contributed by atoms with Crippen LogP contribution in [0.4, 0.5) is 0 Å². The quantitative estimate of drug-likeness (QED) is 0.854. The summed E-state index contributed by atoms with van der Waals surface area (Å²) in [5.41, 5.74) is -0.722. The Kier molecular flexibility index (Phi) is 3.72. The van der Waals surface area contributed by atoms with Gasteiger partial charge in [0.15, 0.2) is 0 Å². The molecule has 0 spiro atoms. The van der Waals surface area contributed by atoms with Crippen LogP contribution in [0.2, 0.25) is 0 Å². The van der Waals surface area contributed by atoms with Crippen molar-refractivity contribution in [2.45, 2.75) is 76.6 Å². The summed E-state index contributed by atoms with van der Waals surface area (Å²) in [6.07, 6.45) is 4.65. The van der Waals surface area contributed by atoms with Gasteiger partial charge in [0, 0.05) is 6.61 Å². The number of hydrogen-bond donors (Lipinski definition) is 1. The molecule has 5 heteroatoms. The maximum Gasteiger partial charge on any atom is 0.249 e. The van der Waals surface area contributed by atoms with Gasteiger partial charge in [0.1, 0.15) is 11.6 Å². The van der Waals surface area contributed by atoms with Gasteiger partial charge in [-0.1, -0.05) is 13.8 Å². The zero-order valence-electron chi connectivity index (χ0n) is 13.2. The molecule has 3 aliphatic rings. The Bertz CT molecular complexity index is 443. The van der Waals surface area contributed by atoms with Crippen molar-refractivity contribution in [3.05, 3.63) is 0 Å². The van der Waals surface area contributed by atoms with Crippen LogP contribution in [0.3, 0.4) is 0 Å². The third-order valence-corrected chi connectivity index (χ3v) is 5.56. The van der Waals surface area contributed by atoms with Gasteiger partial charge in [0.25, 0.3) is 0 Å². The van der Waals surface area contributed by atoms with E-state index in [9.17, 15) is 9.59 Å². The number of rotatable bonds is 4. The number of nitrogens with zero attached hydrogens (tertiary/aromatic N) is 1. The van der Waals surface area contributed by atoms with Crippen LogP contribution in [0.5, 0.6) is 0 Å². The average molecular weight is 294 g/mol. The second kappa shape index (κ2) is 5.27. The molecule has 3 fully saturated rings. The summed E-state index contributed by atoms with van der Waals surface area (Å²) in [6, 6.07) is -0.319. The first-order valence-electron chi connectivity index (χ1n) is 8.30. The van der Waals surface area contributed by atoms with Gasteiger partial charge in [-0.15, -0.1) is 0 Å².